The molecule has 3 amide bonds. The Bertz CT molecular complexity index is 1180. The zero-order valence-corrected chi connectivity index (χ0v) is 21.5. The predicted octanol–water partition coefficient (Wildman–Crippen LogP) is 4.23. The van der Waals surface area contributed by atoms with Gasteiger partial charge in [-0.05, 0) is 70.4 Å². The van der Waals surface area contributed by atoms with Gasteiger partial charge in [0.1, 0.15) is 24.2 Å². The van der Waals surface area contributed by atoms with E-state index in [-0.39, 0.29) is 6.54 Å². The van der Waals surface area contributed by atoms with Crippen LogP contribution in [0.1, 0.15) is 56.0 Å². The molecule has 8 nitrogen and oxygen atoms in total. The van der Waals surface area contributed by atoms with E-state index >= 15 is 0 Å². The van der Waals surface area contributed by atoms with Crippen LogP contribution < -0.4 is 10.6 Å². The molecule has 2 atom stereocenters. The van der Waals surface area contributed by atoms with Crippen LogP contribution in [0.4, 0.5) is 10.5 Å². The second-order valence-electron chi connectivity index (χ2n) is 9.42. The van der Waals surface area contributed by atoms with Crippen molar-refractivity contribution in [3.05, 3.63) is 64.7 Å². The Morgan fingerprint density at radius 2 is 1.67 bits per heavy atom. The molecule has 0 aromatic heterocycles. The van der Waals surface area contributed by atoms with E-state index in [4.69, 9.17) is 11.2 Å². The van der Waals surface area contributed by atoms with Gasteiger partial charge in [0, 0.05) is 11.3 Å². The molecule has 2 N–H and O–H groups in total. The molecule has 0 saturated heterocycles. The number of hydrogen-bond acceptors (Lipinski definition) is 5. The second-order valence-corrected chi connectivity index (χ2v) is 9.42. The topological polar surface area (TPSA) is 112 Å². The number of benzene rings is 2. The molecule has 2 aromatic carbocycles. The van der Waals surface area contributed by atoms with Gasteiger partial charge in [-0.15, -0.1) is 6.42 Å². The van der Waals surface area contributed by atoms with Crippen molar-refractivity contribution in [1.29, 1.82) is 5.26 Å². The lowest BCUT2D eigenvalue weighted by molar-refractivity contribution is -0.139. The summed E-state index contributed by atoms with van der Waals surface area (Å²) in [6.45, 7) is 9.92. The molecule has 36 heavy (non-hydrogen) atoms. The van der Waals surface area contributed by atoms with E-state index in [1.807, 2.05) is 38.1 Å². The van der Waals surface area contributed by atoms with E-state index in [0.717, 1.165) is 16.0 Å². The zero-order chi connectivity index (χ0) is 27.0. The molecule has 2 aromatic rings. The molecule has 0 fully saturated rings. The molecule has 0 aliphatic rings. The minimum absolute atomic E-state index is 0.388. The molecule has 0 bridgehead atoms. The predicted molar refractivity (Wildman–Crippen MR) is 138 cm³/mol. The summed E-state index contributed by atoms with van der Waals surface area (Å²) in [5.41, 5.74) is 2.63. The van der Waals surface area contributed by atoms with Crippen LogP contribution in [0, 0.1) is 37.5 Å². The highest BCUT2D eigenvalue weighted by molar-refractivity contribution is 5.99. The Labute approximate surface area is 212 Å². The fraction of sp³-hybridized carbons (Fsp3) is 0.357. The van der Waals surface area contributed by atoms with Crippen LogP contribution in [0.3, 0.4) is 0 Å². The Morgan fingerprint density at radius 3 is 2.17 bits per heavy atom. The highest BCUT2D eigenvalue weighted by atomic mass is 16.6. The SMILES string of the molecule is C#Cc1ccc(C(C(=O)Nc2c(C)cccc2C)N(CC#N)C(=O)C(C)NC(=O)OC(C)(C)C)cc1. The minimum atomic E-state index is -1.16. The maximum Gasteiger partial charge on any atom is 0.408 e. The standard InChI is InChI=1S/C28H32N4O4/c1-8-21-12-14-22(15-13-21)24(25(33)31-23-18(2)10-9-11-19(23)3)32(17-16-29)26(34)20(4)30-27(35)36-28(5,6)7/h1,9-15,20,24H,17H2,2-7H3,(H,30,35)(H,31,33). The number of rotatable bonds is 7. The number of nitrogens with zero attached hydrogens (tertiary/aromatic N) is 2. The minimum Gasteiger partial charge on any atom is -0.444 e. The molecule has 0 radical (unpaired) electrons. The largest absolute Gasteiger partial charge is 0.444 e. The summed E-state index contributed by atoms with van der Waals surface area (Å²) >= 11 is 0. The average molecular weight is 489 g/mol. The van der Waals surface area contributed by atoms with Crippen molar-refractivity contribution in [1.82, 2.24) is 10.2 Å². The molecule has 8 heteroatoms. The first kappa shape index (κ1) is 27.9. The number of anilines is 1. The third-order valence-corrected chi connectivity index (χ3v) is 5.31. The third-order valence-electron chi connectivity index (χ3n) is 5.31. The number of amides is 3. The Hall–Kier alpha value is -4.30. The zero-order valence-electron chi connectivity index (χ0n) is 21.5. The maximum atomic E-state index is 13.7. The molecule has 2 rings (SSSR count). The van der Waals surface area contributed by atoms with Gasteiger partial charge in [-0.3, -0.25) is 9.59 Å². The van der Waals surface area contributed by atoms with E-state index in [2.05, 4.69) is 16.6 Å². The number of carbonyl (C=O) groups is 3. The molecule has 0 aliphatic carbocycles. The Morgan fingerprint density at radius 1 is 1.08 bits per heavy atom. The number of terminal acetylenes is 1. The van der Waals surface area contributed by atoms with Gasteiger partial charge < -0.3 is 20.3 Å². The summed E-state index contributed by atoms with van der Waals surface area (Å²) in [6, 6.07) is 12.0. The summed E-state index contributed by atoms with van der Waals surface area (Å²) in [6.07, 6.45) is 4.69. The number of hydrogen-bond donors (Lipinski definition) is 2. The summed E-state index contributed by atoms with van der Waals surface area (Å²) < 4.78 is 5.24. The highest BCUT2D eigenvalue weighted by Crippen LogP contribution is 2.27. The summed E-state index contributed by atoms with van der Waals surface area (Å²) in [5, 5.41) is 14.9. The van der Waals surface area contributed by atoms with Gasteiger partial charge in [-0.25, -0.2) is 4.79 Å². The molecule has 188 valence electrons. The Balaban J connectivity index is 2.46. The van der Waals surface area contributed by atoms with Gasteiger partial charge in [0.15, 0.2) is 0 Å². The lowest BCUT2D eigenvalue weighted by Gasteiger charge is -2.32. The molecule has 2 unspecified atom stereocenters. The first-order chi connectivity index (χ1) is 16.9. The highest BCUT2D eigenvalue weighted by Gasteiger charge is 2.35. The van der Waals surface area contributed by atoms with E-state index in [0.29, 0.717) is 16.8 Å². The summed E-state index contributed by atoms with van der Waals surface area (Å²) in [7, 11) is 0. The van der Waals surface area contributed by atoms with Crippen LogP contribution in [-0.2, 0) is 14.3 Å². The number of nitrogens with one attached hydrogen (secondary N) is 2. The Kier molecular flexibility index (Phi) is 9.24. The fourth-order valence-corrected chi connectivity index (χ4v) is 3.61. The van der Waals surface area contributed by atoms with Crippen molar-refractivity contribution < 1.29 is 19.1 Å². The van der Waals surface area contributed by atoms with Crippen LogP contribution in [-0.4, -0.2) is 41.0 Å². The molecular formula is C28H32N4O4. The van der Waals surface area contributed by atoms with Crippen molar-refractivity contribution in [3.8, 4) is 18.4 Å². The van der Waals surface area contributed by atoms with Crippen molar-refractivity contribution in [3.63, 3.8) is 0 Å². The fourth-order valence-electron chi connectivity index (χ4n) is 3.61. The van der Waals surface area contributed by atoms with Crippen molar-refractivity contribution in [2.45, 2.75) is 59.2 Å². The van der Waals surface area contributed by atoms with Crippen molar-refractivity contribution in [2.75, 3.05) is 11.9 Å². The maximum absolute atomic E-state index is 13.7. The van der Waals surface area contributed by atoms with Crippen molar-refractivity contribution >= 4 is 23.6 Å². The van der Waals surface area contributed by atoms with Gasteiger partial charge in [0.05, 0.1) is 6.07 Å². The first-order valence-electron chi connectivity index (χ1n) is 11.5. The van der Waals surface area contributed by atoms with E-state index < -0.39 is 35.6 Å². The number of nitriles is 1. The molecule has 0 aliphatic heterocycles. The number of carbonyl (C=O) groups excluding carboxylic acids is 3. The van der Waals surface area contributed by atoms with Crippen LogP contribution >= 0.6 is 0 Å². The first-order valence-corrected chi connectivity index (χ1v) is 11.5. The van der Waals surface area contributed by atoms with E-state index in [1.54, 1.807) is 45.0 Å². The smallest absolute Gasteiger partial charge is 0.408 e. The van der Waals surface area contributed by atoms with Gasteiger partial charge in [0.2, 0.25) is 5.91 Å². The second kappa shape index (κ2) is 11.9. The monoisotopic (exact) mass is 488 g/mol. The number of ether oxygens (including phenoxy) is 1. The number of alkyl carbamates (subject to hydrolysis) is 1. The molecule has 0 heterocycles. The molecular weight excluding hydrogens is 456 g/mol. The third kappa shape index (κ3) is 7.35. The average Bonchev–Trinajstić information content (AvgIpc) is 2.79. The van der Waals surface area contributed by atoms with Crippen LogP contribution in [0.15, 0.2) is 42.5 Å². The van der Waals surface area contributed by atoms with Gasteiger partial charge >= 0.3 is 6.09 Å². The van der Waals surface area contributed by atoms with Crippen LogP contribution in [0.2, 0.25) is 0 Å². The van der Waals surface area contributed by atoms with Gasteiger partial charge in [-0.2, -0.15) is 5.26 Å². The van der Waals surface area contributed by atoms with Crippen LogP contribution in [0.25, 0.3) is 0 Å². The van der Waals surface area contributed by atoms with Crippen molar-refractivity contribution in [2.24, 2.45) is 0 Å². The number of aryl methyl sites for hydroxylation is 2. The summed E-state index contributed by atoms with van der Waals surface area (Å²) in [5.74, 6) is 1.39. The van der Waals surface area contributed by atoms with E-state index in [9.17, 15) is 19.6 Å². The lowest BCUT2D eigenvalue weighted by Crippen LogP contribution is -2.51. The number of para-hydroxylation sites is 1. The normalized spacial score (nSPS) is 12.3. The van der Waals surface area contributed by atoms with Gasteiger partial charge in [-0.1, -0.05) is 36.3 Å². The molecule has 0 spiro atoms. The molecule has 0 saturated carbocycles. The van der Waals surface area contributed by atoms with Crippen LogP contribution in [0.5, 0.6) is 0 Å². The summed E-state index contributed by atoms with van der Waals surface area (Å²) in [4.78, 5) is 40.5. The van der Waals surface area contributed by atoms with E-state index in [1.165, 1.54) is 6.92 Å². The lowest BCUT2D eigenvalue weighted by atomic mass is 10.0. The quantitative estimate of drug-likeness (QED) is 0.448. The van der Waals surface area contributed by atoms with Gasteiger partial charge in [0.25, 0.3) is 5.91 Å².